The third-order valence-corrected chi connectivity index (χ3v) is 1.17. The van der Waals surface area contributed by atoms with Crippen molar-refractivity contribution in [3.63, 3.8) is 0 Å². The van der Waals surface area contributed by atoms with Gasteiger partial charge in [-0.05, 0) is 24.2 Å². The Morgan fingerprint density at radius 1 is 1.40 bits per heavy atom. The van der Waals surface area contributed by atoms with E-state index < -0.39 is 11.8 Å². The number of aromatic nitrogens is 1. The Kier molecular flexibility index (Phi) is 0.408. The third kappa shape index (κ3) is 0.658. The van der Waals surface area contributed by atoms with Crippen LogP contribution < -0.4 is 0 Å². The van der Waals surface area contributed by atoms with Gasteiger partial charge in [-0.15, -0.1) is 0 Å². The van der Waals surface area contributed by atoms with Gasteiger partial charge in [0, 0.05) is 17.1 Å². The van der Waals surface area contributed by atoms with Crippen LogP contribution in [0.1, 0.15) is 6.85 Å². The highest BCUT2D eigenvalue weighted by Gasteiger charge is 1.92. The van der Waals surface area contributed by atoms with Crippen LogP contribution in [0.4, 0.5) is 0 Å². The molecule has 0 aliphatic rings. The van der Waals surface area contributed by atoms with E-state index in [0.717, 1.165) is 0 Å². The quantitative estimate of drug-likeness (QED) is 0.572. The van der Waals surface area contributed by atoms with E-state index in [1.807, 2.05) is 0 Å². The van der Waals surface area contributed by atoms with Crippen LogP contribution in [0.3, 0.4) is 0 Å². The van der Waals surface area contributed by atoms with Crippen LogP contribution in [0.25, 0.3) is 10.9 Å². The molecule has 2 rings (SSSR count). The first-order chi connectivity index (χ1) is 6.95. The number of aromatic hydroxyl groups is 1. The van der Waals surface area contributed by atoms with Crippen molar-refractivity contribution in [2.45, 2.75) is 0 Å². The molecule has 0 fully saturated rings. The minimum absolute atomic E-state index is 0.0125. The minimum Gasteiger partial charge on any atom is -0.508 e. The molecule has 0 bridgehead atoms. The summed E-state index contributed by atoms with van der Waals surface area (Å²) < 4.78 is 37.2. The second kappa shape index (κ2) is 1.77. The van der Waals surface area contributed by atoms with E-state index in [1.54, 1.807) is 0 Å². The maximum absolute atomic E-state index is 9.37. The summed E-state index contributed by atoms with van der Waals surface area (Å²) in [5.41, 5.74) is 0.0813. The average molecular weight is 138 g/mol. The van der Waals surface area contributed by atoms with Crippen LogP contribution in [0.2, 0.25) is 0 Å². The SMILES string of the molecule is [2H]c1[nH]c2c([2H])c([2H])c(O)c([2H])c2c1[2H]. The molecule has 2 aromatic rings. The van der Waals surface area contributed by atoms with Crippen LogP contribution in [0.5, 0.6) is 5.75 Å². The summed E-state index contributed by atoms with van der Waals surface area (Å²) >= 11 is 0. The lowest BCUT2D eigenvalue weighted by Crippen LogP contribution is -1.65. The van der Waals surface area contributed by atoms with Crippen molar-refractivity contribution in [2.24, 2.45) is 0 Å². The van der Waals surface area contributed by atoms with E-state index in [0.29, 0.717) is 0 Å². The van der Waals surface area contributed by atoms with Gasteiger partial charge < -0.3 is 10.1 Å². The summed E-state index contributed by atoms with van der Waals surface area (Å²) in [6, 6.07) is -1.39. The molecular formula is C8H7NO. The second-order valence-corrected chi connectivity index (χ2v) is 1.85. The van der Waals surface area contributed by atoms with Crippen molar-refractivity contribution >= 4 is 10.9 Å². The Morgan fingerprint density at radius 2 is 2.30 bits per heavy atom. The molecule has 0 saturated heterocycles. The van der Waals surface area contributed by atoms with Crippen molar-refractivity contribution < 1.29 is 12.0 Å². The number of rotatable bonds is 0. The lowest BCUT2D eigenvalue weighted by Gasteiger charge is -1.89. The molecule has 0 aliphatic carbocycles. The standard InChI is InChI=1S/C8H7NO/c10-7-1-2-8-6(5-7)3-4-9-8/h1-5,9-10H/i1D,2D,3D,4D,5D. The molecule has 0 amide bonds. The van der Waals surface area contributed by atoms with Gasteiger partial charge in [0.05, 0.1) is 6.85 Å². The normalized spacial score (nSPS) is 17.4. The summed E-state index contributed by atoms with van der Waals surface area (Å²) in [6.45, 7) is 0. The predicted molar refractivity (Wildman–Crippen MR) is 40.0 cm³/mol. The van der Waals surface area contributed by atoms with E-state index in [1.165, 1.54) is 0 Å². The molecule has 2 heteroatoms. The number of hydrogen-bond acceptors (Lipinski definition) is 1. The average Bonchev–Trinajstić information content (AvgIpc) is 2.50. The molecule has 0 radical (unpaired) electrons. The van der Waals surface area contributed by atoms with Gasteiger partial charge in [0.2, 0.25) is 0 Å². The van der Waals surface area contributed by atoms with Gasteiger partial charge in [-0.2, -0.15) is 0 Å². The fourth-order valence-corrected chi connectivity index (χ4v) is 0.740. The largest absolute Gasteiger partial charge is 0.508 e. The molecule has 2 nitrogen and oxygen atoms in total. The fourth-order valence-electron chi connectivity index (χ4n) is 0.740. The Morgan fingerprint density at radius 3 is 3.20 bits per heavy atom. The van der Waals surface area contributed by atoms with Crippen LogP contribution in [-0.4, -0.2) is 10.1 Å². The Labute approximate surface area is 65.1 Å². The Bertz CT molecular complexity index is 562. The highest BCUT2D eigenvalue weighted by atomic mass is 16.3. The van der Waals surface area contributed by atoms with E-state index in [-0.39, 0.29) is 35.2 Å². The lowest BCUT2D eigenvalue weighted by molar-refractivity contribution is 0.476. The topological polar surface area (TPSA) is 36.0 Å². The number of H-pyrrole nitrogens is 1. The van der Waals surface area contributed by atoms with Crippen molar-refractivity contribution in [1.29, 1.82) is 0 Å². The number of aromatic amines is 1. The zero-order valence-corrected chi connectivity index (χ0v) is 4.95. The number of phenols is 1. The second-order valence-electron chi connectivity index (χ2n) is 1.85. The van der Waals surface area contributed by atoms with Gasteiger partial charge in [0.15, 0.2) is 0 Å². The van der Waals surface area contributed by atoms with Crippen LogP contribution in [0, 0.1) is 0 Å². The van der Waals surface area contributed by atoms with Crippen molar-refractivity contribution in [1.82, 2.24) is 4.98 Å². The van der Waals surface area contributed by atoms with Crippen molar-refractivity contribution in [3.05, 3.63) is 30.3 Å². The number of nitrogens with one attached hydrogen (secondary N) is 1. The number of hydrogen-bond donors (Lipinski definition) is 2. The first-order valence-electron chi connectivity index (χ1n) is 5.22. The number of fused-ring (bicyclic) bond motifs is 1. The van der Waals surface area contributed by atoms with Gasteiger partial charge >= 0.3 is 0 Å². The molecule has 0 saturated carbocycles. The molecule has 0 unspecified atom stereocenters. The highest BCUT2D eigenvalue weighted by Crippen LogP contribution is 2.17. The Balaban J connectivity index is 3.07. The van der Waals surface area contributed by atoms with Crippen molar-refractivity contribution in [2.75, 3.05) is 0 Å². The predicted octanol–water partition coefficient (Wildman–Crippen LogP) is 1.87. The monoisotopic (exact) mass is 138 g/mol. The first kappa shape index (κ1) is 2.31. The van der Waals surface area contributed by atoms with Crippen LogP contribution in [-0.2, 0) is 0 Å². The highest BCUT2D eigenvalue weighted by molar-refractivity contribution is 5.80. The maximum Gasteiger partial charge on any atom is 0.116 e. The van der Waals surface area contributed by atoms with Crippen LogP contribution >= 0.6 is 0 Å². The van der Waals surface area contributed by atoms with E-state index in [4.69, 9.17) is 6.85 Å². The van der Waals surface area contributed by atoms with E-state index in [2.05, 4.69) is 4.98 Å². The molecule has 2 N–H and O–H groups in total. The van der Waals surface area contributed by atoms with Crippen molar-refractivity contribution in [3.8, 4) is 5.75 Å². The van der Waals surface area contributed by atoms with Gasteiger partial charge in [-0.25, -0.2) is 0 Å². The van der Waals surface area contributed by atoms with Gasteiger partial charge in [0.25, 0.3) is 0 Å². The third-order valence-electron chi connectivity index (χ3n) is 1.17. The number of phenolic OH excluding ortho intramolecular Hbond substituents is 1. The number of benzene rings is 1. The van der Waals surface area contributed by atoms with Gasteiger partial charge in [-0.1, -0.05) is 0 Å². The molecule has 10 heavy (non-hydrogen) atoms. The summed E-state index contributed by atoms with van der Waals surface area (Å²) in [5, 5.41) is 9.38. The zero-order chi connectivity index (χ0) is 11.3. The summed E-state index contributed by atoms with van der Waals surface area (Å²) in [5.74, 6) is -0.625. The van der Waals surface area contributed by atoms with E-state index >= 15 is 0 Å². The molecule has 1 aromatic carbocycles. The minimum atomic E-state index is -0.625. The smallest absolute Gasteiger partial charge is 0.116 e. The molecular weight excluding hydrogens is 126 g/mol. The maximum atomic E-state index is 9.37. The molecule has 50 valence electrons. The molecule has 1 heterocycles. The first-order valence-corrected chi connectivity index (χ1v) is 2.72. The van der Waals surface area contributed by atoms with Crippen LogP contribution in [0.15, 0.2) is 30.3 Å². The summed E-state index contributed by atoms with van der Waals surface area (Å²) in [7, 11) is 0. The molecule has 1 aromatic heterocycles. The zero-order valence-electron chi connectivity index (χ0n) is 9.95. The molecule has 0 atom stereocenters. The van der Waals surface area contributed by atoms with Gasteiger partial charge in [-0.3, -0.25) is 0 Å². The summed E-state index contributed by atoms with van der Waals surface area (Å²) in [4.78, 5) is 2.44. The van der Waals surface area contributed by atoms with Gasteiger partial charge in [0.1, 0.15) is 5.75 Å². The van der Waals surface area contributed by atoms with E-state index in [9.17, 15) is 5.11 Å². The fraction of sp³-hybridized carbons (Fsp3) is 0. The molecule has 0 aliphatic heterocycles. The molecule has 0 spiro atoms. The summed E-state index contributed by atoms with van der Waals surface area (Å²) in [6.07, 6.45) is -0.225. The Hall–Kier alpha value is -1.44. The lowest BCUT2D eigenvalue weighted by atomic mass is 10.2.